The van der Waals surface area contributed by atoms with Crippen LogP contribution in [0.3, 0.4) is 0 Å². The summed E-state index contributed by atoms with van der Waals surface area (Å²) >= 11 is 0. The van der Waals surface area contributed by atoms with Gasteiger partial charge in [-0.3, -0.25) is 4.40 Å². The van der Waals surface area contributed by atoms with E-state index in [-0.39, 0.29) is 0 Å². The first kappa shape index (κ1) is 20.3. The van der Waals surface area contributed by atoms with E-state index in [0.717, 1.165) is 22.3 Å². The normalized spacial score (nSPS) is 10.9. The Morgan fingerprint density at radius 3 is 2.68 bits per heavy atom. The maximum Gasteiger partial charge on any atom is 0.404 e. The first-order chi connectivity index (χ1) is 15.1. The highest BCUT2D eigenvalue weighted by molar-refractivity contribution is 5.86. The SMILES string of the molecule is COc1ccc(-c2cnc3c(NCCCNC(=O)O)nc4ccccc4n23)cc1OC. The third kappa shape index (κ3) is 4.02. The van der Waals surface area contributed by atoms with Gasteiger partial charge in [-0.15, -0.1) is 0 Å². The maximum atomic E-state index is 10.6. The topological polar surface area (TPSA) is 110 Å². The van der Waals surface area contributed by atoms with Crippen LogP contribution in [0.4, 0.5) is 10.6 Å². The van der Waals surface area contributed by atoms with E-state index >= 15 is 0 Å². The van der Waals surface area contributed by atoms with E-state index in [1.807, 2.05) is 48.7 Å². The molecule has 0 atom stereocenters. The van der Waals surface area contributed by atoms with Gasteiger partial charge >= 0.3 is 6.09 Å². The van der Waals surface area contributed by atoms with Gasteiger partial charge in [0.25, 0.3) is 0 Å². The number of hydrogen-bond acceptors (Lipinski definition) is 6. The summed E-state index contributed by atoms with van der Waals surface area (Å²) in [7, 11) is 3.21. The fraction of sp³-hybridized carbons (Fsp3) is 0.227. The molecule has 0 radical (unpaired) electrons. The van der Waals surface area contributed by atoms with Crippen molar-refractivity contribution in [3.63, 3.8) is 0 Å². The summed E-state index contributed by atoms with van der Waals surface area (Å²) in [5, 5.41) is 14.3. The van der Waals surface area contributed by atoms with Crippen LogP contribution < -0.4 is 20.1 Å². The van der Waals surface area contributed by atoms with Crippen molar-refractivity contribution in [1.29, 1.82) is 0 Å². The predicted octanol–water partition coefficient (Wildman–Crippen LogP) is 3.64. The first-order valence-electron chi connectivity index (χ1n) is 9.81. The number of nitrogens with one attached hydrogen (secondary N) is 2. The lowest BCUT2D eigenvalue weighted by atomic mass is 10.1. The highest BCUT2D eigenvalue weighted by Crippen LogP contribution is 2.34. The van der Waals surface area contributed by atoms with Crippen LogP contribution >= 0.6 is 0 Å². The molecule has 3 N–H and O–H groups in total. The van der Waals surface area contributed by atoms with Crippen molar-refractivity contribution in [2.45, 2.75) is 6.42 Å². The minimum absolute atomic E-state index is 0.359. The number of methoxy groups -OCH3 is 2. The molecule has 0 bridgehead atoms. The van der Waals surface area contributed by atoms with E-state index < -0.39 is 6.09 Å². The summed E-state index contributed by atoms with van der Waals surface area (Å²) in [6, 6.07) is 13.6. The molecular weight excluding hydrogens is 398 g/mol. The van der Waals surface area contributed by atoms with Crippen LogP contribution in [0.5, 0.6) is 11.5 Å². The second kappa shape index (κ2) is 8.78. The van der Waals surface area contributed by atoms with E-state index in [1.165, 1.54) is 0 Å². The maximum absolute atomic E-state index is 10.6. The van der Waals surface area contributed by atoms with Gasteiger partial charge in [0.15, 0.2) is 23.0 Å². The molecule has 4 aromatic rings. The average molecular weight is 421 g/mol. The Labute approximate surface area is 178 Å². The number of nitrogens with zero attached hydrogens (tertiary/aromatic N) is 3. The Morgan fingerprint density at radius 1 is 1.10 bits per heavy atom. The number of imidazole rings is 1. The monoisotopic (exact) mass is 421 g/mol. The second-order valence-electron chi connectivity index (χ2n) is 6.83. The predicted molar refractivity (Wildman–Crippen MR) is 118 cm³/mol. The molecule has 0 aliphatic carbocycles. The fourth-order valence-corrected chi connectivity index (χ4v) is 3.49. The molecule has 0 spiro atoms. The minimum Gasteiger partial charge on any atom is -0.493 e. The molecule has 31 heavy (non-hydrogen) atoms. The van der Waals surface area contributed by atoms with E-state index in [0.29, 0.717) is 42.5 Å². The van der Waals surface area contributed by atoms with Crippen molar-refractivity contribution in [2.75, 3.05) is 32.6 Å². The summed E-state index contributed by atoms with van der Waals surface area (Å²) < 4.78 is 12.9. The minimum atomic E-state index is -1.03. The van der Waals surface area contributed by atoms with Gasteiger partial charge in [-0.1, -0.05) is 12.1 Å². The molecule has 1 amide bonds. The molecule has 0 saturated heterocycles. The molecule has 2 aromatic heterocycles. The van der Waals surface area contributed by atoms with Gasteiger partial charge in [0.05, 0.1) is 37.1 Å². The summed E-state index contributed by atoms with van der Waals surface area (Å²) in [5.41, 5.74) is 4.26. The Balaban J connectivity index is 1.76. The number of benzene rings is 2. The number of ether oxygens (including phenoxy) is 2. The van der Waals surface area contributed by atoms with E-state index in [9.17, 15) is 4.79 Å². The van der Waals surface area contributed by atoms with Crippen LogP contribution in [-0.2, 0) is 0 Å². The zero-order chi connectivity index (χ0) is 21.8. The van der Waals surface area contributed by atoms with Crippen LogP contribution in [0.25, 0.3) is 27.9 Å². The van der Waals surface area contributed by atoms with Gasteiger partial charge < -0.3 is 25.2 Å². The molecule has 160 valence electrons. The van der Waals surface area contributed by atoms with E-state index in [2.05, 4.69) is 20.0 Å². The number of fused-ring (bicyclic) bond motifs is 3. The third-order valence-electron chi connectivity index (χ3n) is 4.93. The van der Waals surface area contributed by atoms with E-state index in [4.69, 9.17) is 19.6 Å². The molecule has 9 heteroatoms. The third-order valence-corrected chi connectivity index (χ3v) is 4.93. The molecule has 0 aliphatic rings. The smallest absolute Gasteiger partial charge is 0.404 e. The van der Waals surface area contributed by atoms with Gasteiger partial charge in [-0.2, -0.15) is 0 Å². The zero-order valence-corrected chi connectivity index (χ0v) is 17.3. The fourth-order valence-electron chi connectivity index (χ4n) is 3.49. The van der Waals surface area contributed by atoms with Crippen LogP contribution in [-0.4, -0.2) is 52.9 Å². The van der Waals surface area contributed by atoms with Crippen molar-refractivity contribution >= 4 is 28.6 Å². The lowest BCUT2D eigenvalue weighted by Gasteiger charge is -2.13. The number of hydrogen-bond donors (Lipinski definition) is 3. The largest absolute Gasteiger partial charge is 0.493 e. The molecule has 9 nitrogen and oxygen atoms in total. The number of aromatic nitrogens is 3. The standard InChI is InChI=1S/C22H23N5O4/c1-30-18-9-8-14(12-19(18)31-2)17-13-25-21-20(23-10-5-11-24-22(28)29)26-15-6-3-4-7-16(15)27(17)21/h3-4,6-9,12-13,24H,5,10-11H2,1-2H3,(H,23,26)(H,28,29). The summed E-state index contributed by atoms with van der Waals surface area (Å²) in [6.07, 6.45) is 1.40. The van der Waals surface area contributed by atoms with Crippen molar-refractivity contribution in [3.8, 4) is 22.8 Å². The Hall–Kier alpha value is -4.01. The van der Waals surface area contributed by atoms with Crippen molar-refractivity contribution in [3.05, 3.63) is 48.7 Å². The van der Waals surface area contributed by atoms with Gasteiger partial charge in [0, 0.05) is 18.7 Å². The lowest BCUT2D eigenvalue weighted by molar-refractivity contribution is 0.194. The van der Waals surface area contributed by atoms with E-state index in [1.54, 1.807) is 14.2 Å². The molecule has 0 aliphatic heterocycles. The second-order valence-corrected chi connectivity index (χ2v) is 6.83. The number of para-hydroxylation sites is 2. The van der Waals surface area contributed by atoms with Crippen LogP contribution in [0.15, 0.2) is 48.7 Å². The summed E-state index contributed by atoms with van der Waals surface area (Å²) in [4.78, 5) is 20.0. The molecule has 0 fully saturated rings. The Morgan fingerprint density at radius 2 is 1.90 bits per heavy atom. The molecule has 0 unspecified atom stereocenters. The van der Waals surface area contributed by atoms with Crippen molar-refractivity contribution < 1.29 is 19.4 Å². The molecule has 4 rings (SSSR count). The van der Waals surface area contributed by atoms with Crippen LogP contribution in [0.2, 0.25) is 0 Å². The van der Waals surface area contributed by atoms with Gasteiger partial charge in [0.2, 0.25) is 0 Å². The first-order valence-corrected chi connectivity index (χ1v) is 9.81. The Bertz CT molecular complexity index is 1240. The summed E-state index contributed by atoms with van der Waals surface area (Å²) in [6.45, 7) is 0.914. The number of rotatable bonds is 8. The zero-order valence-electron chi connectivity index (χ0n) is 17.3. The number of amides is 1. The molecular formula is C22H23N5O4. The number of carbonyl (C=O) groups is 1. The molecule has 2 aromatic carbocycles. The van der Waals surface area contributed by atoms with Crippen LogP contribution in [0.1, 0.15) is 6.42 Å². The number of carboxylic acid groups (broad SMARTS) is 1. The summed E-state index contributed by atoms with van der Waals surface area (Å²) in [5.74, 6) is 1.93. The van der Waals surface area contributed by atoms with Gasteiger partial charge in [0.1, 0.15) is 0 Å². The highest BCUT2D eigenvalue weighted by Gasteiger charge is 2.16. The van der Waals surface area contributed by atoms with Crippen LogP contribution in [0, 0.1) is 0 Å². The van der Waals surface area contributed by atoms with Crippen molar-refractivity contribution in [1.82, 2.24) is 19.7 Å². The lowest BCUT2D eigenvalue weighted by Crippen LogP contribution is -2.23. The number of anilines is 1. The molecule has 2 heterocycles. The quantitative estimate of drug-likeness (QED) is 0.373. The average Bonchev–Trinajstić information content (AvgIpc) is 3.24. The highest BCUT2D eigenvalue weighted by atomic mass is 16.5. The van der Waals surface area contributed by atoms with Crippen molar-refractivity contribution in [2.24, 2.45) is 0 Å². The van der Waals surface area contributed by atoms with Gasteiger partial charge in [-0.25, -0.2) is 14.8 Å². The molecule has 0 saturated carbocycles. The van der Waals surface area contributed by atoms with Gasteiger partial charge in [-0.05, 0) is 36.8 Å². The Kier molecular flexibility index (Phi) is 5.74.